The maximum Gasteiger partial charge on any atom is 0.248 e. The molecule has 122 valence electrons. The largest absolute Gasteiger partial charge is 0.760 e. The van der Waals surface area contributed by atoms with Crippen LogP contribution in [0, 0.1) is 0 Å². The lowest BCUT2D eigenvalue weighted by atomic mass is 10.1. The predicted molar refractivity (Wildman–Crippen MR) is 89.4 cm³/mol. The topological polar surface area (TPSA) is 86.5 Å². The van der Waals surface area contributed by atoms with Gasteiger partial charge in [0.1, 0.15) is 0 Å². The number of nitrogens with two attached hydrogens (primary N) is 1. The molecule has 2 aromatic rings. The van der Waals surface area contributed by atoms with Gasteiger partial charge in [0.15, 0.2) is 0 Å². The molecule has 0 bridgehead atoms. The highest BCUT2D eigenvalue weighted by Gasteiger charge is 2.09. The number of benzene rings is 2. The molecule has 0 radical (unpaired) electrons. The monoisotopic (exact) mass is 351 g/mol. The molecule has 2 aromatic carbocycles. The zero-order chi connectivity index (χ0) is 16.8. The van der Waals surface area contributed by atoms with E-state index in [1.165, 1.54) is 4.31 Å². The highest BCUT2D eigenvalue weighted by atomic mass is 35.5. The lowest BCUT2D eigenvalue weighted by Gasteiger charge is -2.24. The molecule has 1 atom stereocenters. The van der Waals surface area contributed by atoms with Gasteiger partial charge in [-0.15, -0.1) is 0 Å². The smallest absolute Gasteiger partial charge is 0.248 e. The number of carbonyl (C=O) groups excluding carboxylic acids is 1. The number of halogens is 1. The van der Waals surface area contributed by atoms with Gasteiger partial charge >= 0.3 is 0 Å². The highest BCUT2D eigenvalue weighted by molar-refractivity contribution is 7.76. The lowest BCUT2D eigenvalue weighted by molar-refractivity contribution is 0.1000. The summed E-state index contributed by atoms with van der Waals surface area (Å²) in [5, 5.41) is 0.620. The summed E-state index contributed by atoms with van der Waals surface area (Å²) >= 11 is 3.73. The molecule has 0 saturated heterocycles. The van der Waals surface area contributed by atoms with E-state index in [2.05, 4.69) is 0 Å². The molecule has 2 N–H and O–H groups in total. The first kappa shape index (κ1) is 17.6. The fraction of sp³-hybridized carbons (Fsp3) is 0.188. The average Bonchev–Trinajstić information content (AvgIpc) is 2.53. The number of hydrogen-bond donors (Lipinski definition) is 1. The summed E-state index contributed by atoms with van der Waals surface area (Å²) in [6.07, 6.45) is 0.521. The van der Waals surface area contributed by atoms with Crippen molar-refractivity contribution in [2.45, 2.75) is 13.0 Å². The van der Waals surface area contributed by atoms with Crippen LogP contribution in [0.5, 0.6) is 0 Å². The number of amides is 1. The van der Waals surface area contributed by atoms with Crippen molar-refractivity contribution in [3.63, 3.8) is 0 Å². The number of rotatable bonds is 7. The molecule has 0 saturated carbocycles. The van der Waals surface area contributed by atoms with E-state index < -0.39 is 17.2 Å². The maximum atomic E-state index is 11.4. The van der Waals surface area contributed by atoms with Crippen LogP contribution in [0.4, 0.5) is 0 Å². The summed E-state index contributed by atoms with van der Waals surface area (Å²) in [6, 6.07) is 13.9. The minimum absolute atomic E-state index is 0.222. The Bertz CT molecular complexity index is 707. The Balaban J connectivity index is 2.03. The van der Waals surface area contributed by atoms with Gasteiger partial charge in [-0.05, 0) is 35.7 Å². The number of hydrogen-bond acceptors (Lipinski definition) is 3. The molecule has 23 heavy (non-hydrogen) atoms. The molecule has 0 aliphatic rings. The van der Waals surface area contributed by atoms with Crippen LogP contribution < -0.4 is 5.73 Å². The zero-order valence-electron chi connectivity index (χ0n) is 12.3. The third kappa shape index (κ3) is 5.14. The summed E-state index contributed by atoms with van der Waals surface area (Å²) in [5.41, 5.74) is 7.24. The second kappa shape index (κ2) is 8.21. The fourth-order valence-corrected chi connectivity index (χ4v) is 2.86. The second-order valence-corrected chi connectivity index (χ2v) is 6.34. The van der Waals surface area contributed by atoms with E-state index in [1.807, 2.05) is 18.2 Å². The summed E-state index contributed by atoms with van der Waals surface area (Å²) < 4.78 is 24.1. The van der Waals surface area contributed by atoms with Gasteiger partial charge in [0.05, 0.1) is 0 Å². The molecule has 0 aromatic heterocycles. The molecule has 1 amide bonds. The third-order valence-corrected chi connectivity index (χ3v) is 4.50. The Morgan fingerprint density at radius 1 is 1.17 bits per heavy atom. The van der Waals surface area contributed by atoms with E-state index in [0.717, 1.165) is 11.1 Å². The Kier molecular flexibility index (Phi) is 6.29. The van der Waals surface area contributed by atoms with E-state index in [4.69, 9.17) is 17.3 Å². The van der Waals surface area contributed by atoms with Gasteiger partial charge in [0, 0.05) is 34.9 Å². The Morgan fingerprint density at radius 2 is 1.83 bits per heavy atom. The Morgan fingerprint density at radius 3 is 2.39 bits per heavy atom. The highest BCUT2D eigenvalue weighted by Crippen LogP contribution is 2.17. The third-order valence-electron chi connectivity index (χ3n) is 3.40. The first-order chi connectivity index (χ1) is 11.0. The molecule has 0 fully saturated rings. The van der Waals surface area contributed by atoms with Crippen molar-refractivity contribution in [1.82, 2.24) is 4.31 Å². The second-order valence-electron chi connectivity index (χ2n) is 4.98. The van der Waals surface area contributed by atoms with Crippen LogP contribution in [-0.4, -0.2) is 25.5 Å². The molecule has 0 heterocycles. The van der Waals surface area contributed by atoms with Gasteiger partial charge in [-0.1, -0.05) is 41.9 Å². The van der Waals surface area contributed by atoms with Crippen molar-refractivity contribution < 1.29 is 13.6 Å². The Hall–Kier alpha value is -1.73. The molecule has 0 aliphatic heterocycles. The first-order valence-electron chi connectivity index (χ1n) is 6.94. The van der Waals surface area contributed by atoms with Gasteiger partial charge < -0.3 is 10.3 Å². The van der Waals surface area contributed by atoms with E-state index in [9.17, 15) is 13.6 Å². The molecule has 5 nitrogen and oxygen atoms in total. The van der Waals surface area contributed by atoms with Crippen molar-refractivity contribution in [2.75, 3.05) is 6.54 Å². The van der Waals surface area contributed by atoms with Gasteiger partial charge in [0.2, 0.25) is 5.91 Å². The van der Waals surface area contributed by atoms with Gasteiger partial charge in [-0.2, -0.15) is 0 Å². The van der Waals surface area contributed by atoms with Crippen molar-refractivity contribution in [3.8, 4) is 0 Å². The van der Waals surface area contributed by atoms with E-state index in [1.54, 1.807) is 30.3 Å². The lowest BCUT2D eigenvalue weighted by Crippen LogP contribution is -2.27. The summed E-state index contributed by atoms with van der Waals surface area (Å²) in [4.78, 5) is 11.0. The minimum Gasteiger partial charge on any atom is -0.760 e. The van der Waals surface area contributed by atoms with Crippen LogP contribution in [0.3, 0.4) is 0 Å². The summed E-state index contributed by atoms with van der Waals surface area (Å²) in [6.45, 7) is 0.539. The van der Waals surface area contributed by atoms with Crippen LogP contribution in [0.25, 0.3) is 0 Å². The van der Waals surface area contributed by atoms with Crippen molar-refractivity contribution in [2.24, 2.45) is 5.73 Å². The predicted octanol–water partition coefficient (Wildman–Crippen LogP) is 2.28. The van der Waals surface area contributed by atoms with Gasteiger partial charge in [-0.25, -0.2) is 4.31 Å². The van der Waals surface area contributed by atoms with Crippen LogP contribution in [-0.2, 0) is 24.2 Å². The molecule has 0 spiro atoms. The first-order valence-corrected chi connectivity index (χ1v) is 8.35. The van der Waals surface area contributed by atoms with E-state index in [-0.39, 0.29) is 6.54 Å². The summed E-state index contributed by atoms with van der Waals surface area (Å²) in [5.74, 6) is -0.514. The van der Waals surface area contributed by atoms with Crippen LogP contribution in [0.15, 0.2) is 48.5 Å². The van der Waals surface area contributed by atoms with Crippen molar-refractivity contribution in [3.05, 3.63) is 70.2 Å². The minimum atomic E-state index is -2.35. The maximum absolute atomic E-state index is 11.4. The molecule has 0 aliphatic carbocycles. The molecular weight excluding hydrogens is 336 g/mol. The standard InChI is InChI=1S/C16H17ClN2O3S/c17-15-4-2-1-3-13(15)9-10-19(23(21)22)11-12-5-7-14(8-6-12)16(18)20/h1-8H,9-11H2,(H2,18,20)(H,21,22)/p-1. The molecule has 7 heteroatoms. The van der Waals surface area contributed by atoms with E-state index >= 15 is 0 Å². The van der Waals surface area contributed by atoms with Crippen molar-refractivity contribution in [1.29, 1.82) is 0 Å². The fourth-order valence-electron chi connectivity index (χ4n) is 2.13. The molecular formula is C16H16ClN2O3S-. The normalized spacial score (nSPS) is 12.3. The number of primary amides is 1. The van der Waals surface area contributed by atoms with Crippen LogP contribution in [0.2, 0.25) is 5.02 Å². The average molecular weight is 352 g/mol. The van der Waals surface area contributed by atoms with Gasteiger partial charge in [0.25, 0.3) is 0 Å². The summed E-state index contributed by atoms with van der Waals surface area (Å²) in [7, 11) is 0. The number of carbonyl (C=O) groups is 1. The SMILES string of the molecule is NC(=O)c1ccc(CN(CCc2ccccc2Cl)S(=O)[O-])cc1. The Labute approximate surface area is 142 Å². The van der Waals surface area contributed by atoms with Gasteiger partial charge in [-0.3, -0.25) is 9.00 Å². The zero-order valence-corrected chi connectivity index (χ0v) is 13.8. The molecule has 2 rings (SSSR count). The molecule has 1 unspecified atom stereocenters. The quantitative estimate of drug-likeness (QED) is 0.776. The van der Waals surface area contributed by atoms with Crippen molar-refractivity contribution >= 4 is 28.8 Å². The van der Waals surface area contributed by atoms with Crippen LogP contribution >= 0.6 is 11.6 Å². The number of nitrogens with zero attached hydrogens (tertiary/aromatic N) is 1. The van der Waals surface area contributed by atoms with Crippen LogP contribution in [0.1, 0.15) is 21.5 Å². The van der Waals surface area contributed by atoms with E-state index in [0.29, 0.717) is 23.6 Å².